The molecule has 0 spiro atoms. The van der Waals surface area contributed by atoms with Crippen LogP contribution in [-0.2, 0) is 19.3 Å². The minimum absolute atomic E-state index is 0.809. The summed E-state index contributed by atoms with van der Waals surface area (Å²) in [7, 11) is 0. The number of hydrogen-bond donors (Lipinski definition) is 0. The van der Waals surface area contributed by atoms with Gasteiger partial charge in [-0.25, -0.2) is 0 Å². The molecule has 0 saturated carbocycles. The Morgan fingerprint density at radius 1 is 0.680 bits per heavy atom. The zero-order valence-electron chi connectivity index (χ0n) is 16.6. The van der Waals surface area contributed by atoms with Gasteiger partial charge in [0.2, 0.25) is 0 Å². The molecule has 0 fully saturated rings. The quantitative estimate of drug-likeness (QED) is 0.408. The van der Waals surface area contributed by atoms with E-state index in [0.717, 1.165) is 18.3 Å². The van der Waals surface area contributed by atoms with Crippen LogP contribution >= 0.6 is 0 Å². The standard InChI is InChI=1S/C25H34/c1-18(2)7-5-9-20-11-13-22-17-23-14-12-21(10-6-8-19(3)4)16-25(23)24(22)15-20/h11-16,18-19H,5-10,17H2,1-4H3. The minimum Gasteiger partial charge on any atom is -0.0628 e. The Morgan fingerprint density at radius 2 is 1.12 bits per heavy atom. The van der Waals surface area contributed by atoms with Crippen LogP contribution in [0.25, 0.3) is 11.1 Å². The second kappa shape index (κ2) is 8.21. The Labute approximate surface area is 154 Å². The van der Waals surface area contributed by atoms with Gasteiger partial charge in [0, 0.05) is 0 Å². The molecule has 0 unspecified atom stereocenters. The minimum atomic E-state index is 0.809. The van der Waals surface area contributed by atoms with E-state index in [1.807, 2.05) is 0 Å². The zero-order chi connectivity index (χ0) is 17.8. The molecule has 25 heavy (non-hydrogen) atoms. The molecule has 0 bridgehead atoms. The van der Waals surface area contributed by atoms with Gasteiger partial charge in [-0.15, -0.1) is 0 Å². The molecule has 0 saturated heterocycles. The van der Waals surface area contributed by atoms with Crippen LogP contribution in [0.1, 0.15) is 75.6 Å². The van der Waals surface area contributed by atoms with Crippen molar-refractivity contribution in [3.05, 3.63) is 58.7 Å². The molecule has 1 aliphatic carbocycles. The van der Waals surface area contributed by atoms with Crippen molar-refractivity contribution in [2.75, 3.05) is 0 Å². The highest BCUT2D eigenvalue weighted by Crippen LogP contribution is 2.38. The second-order valence-corrected chi connectivity index (χ2v) is 8.73. The van der Waals surface area contributed by atoms with Crippen LogP contribution in [0.5, 0.6) is 0 Å². The molecule has 0 heterocycles. The lowest BCUT2D eigenvalue weighted by Crippen LogP contribution is -1.93. The smallest absolute Gasteiger partial charge is 0.00134 e. The first-order chi connectivity index (χ1) is 12.0. The summed E-state index contributed by atoms with van der Waals surface area (Å²) in [5.74, 6) is 1.62. The summed E-state index contributed by atoms with van der Waals surface area (Å²) >= 11 is 0. The van der Waals surface area contributed by atoms with Crippen molar-refractivity contribution in [1.29, 1.82) is 0 Å². The number of hydrogen-bond acceptors (Lipinski definition) is 0. The highest BCUT2D eigenvalue weighted by Gasteiger charge is 2.19. The number of benzene rings is 2. The third-order valence-electron chi connectivity index (χ3n) is 5.51. The molecule has 0 heteroatoms. The summed E-state index contributed by atoms with van der Waals surface area (Å²) in [5, 5.41) is 0. The third-order valence-corrected chi connectivity index (χ3v) is 5.51. The van der Waals surface area contributed by atoms with Crippen molar-refractivity contribution in [2.45, 2.75) is 72.6 Å². The van der Waals surface area contributed by atoms with Gasteiger partial charge >= 0.3 is 0 Å². The van der Waals surface area contributed by atoms with Gasteiger partial charge in [0.25, 0.3) is 0 Å². The first-order valence-corrected chi connectivity index (χ1v) is 10.3. The van der Waals surface area contributed by atoms with E-state index >= 15 is 0 Å². The summed E-state index contributed by atoms with van der Waals surface area (Å²) in [6.45, 7) is 9.28. The Kier molecular flexibility index (Phi) is 5.99. The second-order valence-electron chi connectivity index (χ2n) is 8.73. The van der Waals surface area contributed by atoms with E-state index in [2.05, 4.69) is 64.1 Å². The molecule has 0 N–H and O–H groups in total. The van der Waals surface area contributed by atoms with E-state index < -0.39 is 0 Å². The molecule has 0 amide bonds. The maximum Gasteiger partial charge on any atom is -0.00134 e. The summed E-state index contributed by atoms with van der Waals surface area (Å²) in [6.07, 6.45) is 8.81. The van der Waals surface area contributed by atoms with E-state index in [1.165, 1.54) is 71.9 Å². The molecule has 134 valence electrons. The SMILES string of the molecule is CC(C)CCCc1ccc2c(c1)-c1cc(CCCC(C)C)ccc1C2. The van der Waals surface area contributed by atoms with E-state index in [4.69, 9.17) is 0 Å². The molecule has 0 aromatic heterocycles. The van der Waals surface area contributed by atoms with Crippen molar-refractivity contribution < 1.29 is 0 Å². The van der Waals surface area contributed by atoms with Crippen molar-refractivity contribution in [1.82, 2.24) is 0 Å². The molecule has 0 nitrogen and oxygen atoms in total. The van der Waals surface area contributed by atoms with Crippen molar-refractivity contribution >= 4 is 0 Å². The monoisotopic (exact) mass is 334 g/mol. The van der Waals surface area contributed by atoms with Crippen LogP contribution in [0.15, 0.2) is 36.4 Å². The van der Waals surface area contributed by atoms with Crippen molar-refractivity contribution in [3.8, 4) is 11.1 Å². The molecule has 0 atom stereocenters. The lowest BCUT2D eigenvalue weighted by Gasteiger charge is -2.09. The molecule has 3 rings (SSSR count). The normalized spacial score (nSPS) is 12.7. The molecular weight excluding hydrogens is 300 g/mol. The molecule has 1 aliphatic rings. The van der Waals surface area contributed by atoms with Crippen molar-refractivity contribution in [3.63, 3.8) is 0 Å². The maximum atomic E-state index is 2.47. The van der Waals surface area contributed by atoms with Crippen LogP contribution < -0.4 is 0 Å². The third kappa shape index (κ3) is 4.75. The lowest BCUT2D eigenvalue weighted by molar-refractivity contribution is 0.555. The van der Waals surface area contributed by atoms with Gasteiger partial charge in [-0.05, 0) is 77.3 Å². The highest BCUT2D eigenvalue weighted by molar-refractivity contribution is 5.77. The van der Waals surface area contributed by atoms with Gasteiger partial charge in [-0.3, -0.25) is 0 Å². The van der Waals surface area contributed by atoms with Gasteiger partial charge < -0.3 is 0 Å². The Morgan fingerprint density at radius 3 is 1.52 bits per heavy atom. The Bertz CT molecular complexity index is 644. The average molecular weight is 335 g/mol. The summed E-state index contributed by atoms with van der Waals surface area (Å²) in [6, 6.07) is 14.4. The van der Waals surface area contributed by atoms with Crippen molar-refractivity contribution in [2.24, 2.45) is 11.8 Å². The average Bonchev–Trinajstić information content (AvgIpc) is 2.92. The van der Waals surface area contributed by atoms with Crippen LogP contribution in [0.3, 0.4) is 0 Å². The molecule has 0 radical (unpaired) electrons. The molecule has 2 aromatic carbocycles. The number of fused-ring (bicyclic) bond motifs is 3. The summed E-state index contributed by atoms with van der Waals surface area (Å²) < 4.78 is 0. The number of aryl methyl sites for hydroxylation is 2. The largest absolute Gasteiger partial charge is 0.0628 e. The van der Waals surface area contributed by atoms with Gasteiger partial charge in [-0.1, -0.05) is 76.9 Å². The first kappa shape index (κ1) is 18.2. The predicted octanol–water partition coefficient (Wildman–Crippen LogP) is 7.22. The maximum absolute atomic E-state index is 2.47. The van der Waals surface area contributed by atoms with Crippen LogP contribution in [0.4, 0.5) is 0 Å². The topological polar surface area (TPSA) is 0 Å². The number of rotatable bonds is 8. The van der Waals surface area contributed by atoms with E-state index in [0.29, 0.717) is 0 Å². The van der Waals surface area contributed by atoms with Gasteiger partial charge in [-0.2, -0.15) is 0 Å². The fraction of sp³-hybridized carbons (Fsp3) is 0.520. The Balaban J connectivity index is 1.73. The van der Waals surface area contributed by atoms with Gasteiger partial charge in [0.15, 0.2) is 0 Å². The predicted molar refractivity (Wildman–Crippen MR) is 110 cm³/mol. The van der Waals surface area contributed by atoms with E-state index in [-0.39, 0.29) is 0 Å². The van der Waals surface area contributed by atoms with Gasteiger partial charge in [0.05, 0.1) is 0 Å². The van der Waals surface area contributed by atoms with E-state index in [9.17, 15) is 0 Å². The lowest BCUT2D eigenvalue weighted by atomic mass is 9.96. The fourth-order valence-corrected chi connectivity index (χ4v) is 4.00. The first-order valence-electron chi connectivity index (χ1n) is 10.3. The zero-order valence-corrected chi connectivity index (χ0v) is 16.6. The molecule has 0 aliphatic heterocycles. The van der Waals surface area contributed by atoms with Crippen LogP contribution in [0, 0.1) is 11.8 Å². The van der Waals surface area contributed by atoms with E-state index in [1.54, 1.807) is 0 Å². The molecule has 2 aromatic rings. The van der Waals surface area contributed by atoms with Crippen LogP contribution in [-0.4, -0.2) is 0 Å². The highest BCUT2D eigenvalue weighted by atomic mass is 14.2. The Hall–Kier alpha value is -1.56. The molecular formula is C25H34. The van der Waals surface area contributed by atoms with Gasteiger partial charge in [0.1, 0.15) is 0 Å². The summed E-state index contributed by atoms with van der Waals surface area (Å²) in [5.41, 5.74) is 9.06. The fourth-order valence-electron chi connectivity index (χ4n) is 4.00. The van der Waals surface area contributed by atoms with Crippen LogP contribution in [0.2, 0.25) is 0 Å². The summed E-state index contributed by atoms with van der Waals surface area (Å²) in [4.78, 5) is 0.